The number of benzene rings is 8. The fourth-order valence-corrected chi connectivity index (χ4v) is 7.28. The molecule has 0 saturated heterocycles. The number of rotatable bonds is 14. The summed E-state index contributed by atoms with van der Waals surface area (Å²) in [6, 6.07) is 71.6. The standard InChI is InChI=1S/C58H47N3O/c1-3-62-58-40-38-57(39-41-58)61(53-12-8-5-9-13-53)56-34-26-47(27-35-56)21-18-45-16-19-46(20-17-45)24-30-50-31-25-49(42-51(50)43-59)23-22-48-28-36-55(37-29-48)60(52-10-6-4-7-11-52)54-32-14-44(2)15-33-54/h4-42H,3H2,1-2H3/b21-18+,23-22+,30-24+. The van der Waals surface area contributed by atoms with E-state index in [0.717, 1.165) is 73.3 Å². The molecule has 8 aromatic rings. The summed E-state index contributed by atoms with van der Waals surface area (Å²) in [6.45, 7) is 4.74. The molecular weight excluding hydrogens is 755 g/mol. The first-order valence-electron chi connectivity index (χ1n) is 20.9. The van der Waals surface area contributed by atoms with Crippen molar-refractivity contribution in [2.75, 3.05) is 16.4 Å². The zero-order chi connectivity index (χ0) is 42.5. The highest BCUT2D eigenvalue weighted by atomic mass is 16.5. The molecule has 0 atom stereocenters. The molecule has 300 valence electrons. The van der Waals surface area contributed by atoms with Gasteiger partial charge in [-0.1, -0.05) is 151 Å². The van der Waals surface area contributed by atoms with Crippen LogP contribution in [0.2, 0.25) is 0 Å². The van der Waals surface area contributed by atoms with Crippen LogP contribution in [0.15, 0.2) is 200 Å². The van der Waals surface area contributed by atoms with E-state index in [0.29, 0.717) is 12.2 Å². The first-order chi connectivity index (χ1) is 30.5. The van der Waals surface area contributed by atoms with Crippen LogP contribution in [0.3, 0.4) is 0 Å². The third-order valence-corrected chi connectivity index (χ3v) is 10.6. The van der Waals surface area contributed by atoms with E-state index in [1.54, 1.807) is 0 Å². The number of ether oxygens (including phenoxy) is 1. The molecule has 0 N–H and O–H groups in total. The summed E-state index contributed by atoms with van der Waals surface area (Å²) in [5, 5.41) is 10.0. The molecule has 8 rings (SSSR count). The smallest absolute Gasteiger partial charge is 0.119 e. The summed E-state index contributed by atoms with van der Waals surface area (Å²) in [4.78, 5) is 4.51. The highest BCUT2D eigenvalue weighted by Crippen LogP contribution is 2.36. The Morgan fingerprint density at radius 2 is 0.774 bits per heavy atom. The summed E-state index contributed by atoms with van der Waals surface area (Å²) in [6.07, 6.45) is 12.5. The maximum Gasteiger partial charge on any atom is 0.119 e. The van der Waals surface area contributed by atoms with E-state index in [9.17, 15) is 5.26 Å². The molecule has 0 radical (unpaired) electrons. The largest absolute Gasteiger partial charge is 0.494 e. The lowest BCUT2D eigenvalue weighted by Crippen LogP contribution is -2.09. The number of nitrogens with zero attached hydrogens (tertiary/aromatic N) is 3. The molecule has 0 bridgehead atoms. The van der Waals surface area contributed by atoms with Crippen LogP contribution < -0.4 is 14.5 Å². The Morgan fingerprint density at radius 1 is 0.419 bits per heavy atom. The lowest BCUT2D eigenvalue weighted by Gasteiger charge is -2.25. The van der Waals surface area contributed by atoms with Crippen molar-refractivity contribution in [2.45, 2.75) is 13.8 Å². The molecule has 0 amide bonds. The quantitative estimate of drug-likeness (QED) is 0.103. The molecular formula is C58H47N3O. The number of nitriles is 1. The summed E-state index contributed by atoms with van der Waals surface area (Å²) < 4.78 is 5.68. The Balaban J connectivity index is 0.901. The molecule has 0 unspecified atom stereocenters. The maximum absolute atomic E-state index is 10.0. The Labute approximate surface area is 365 Å². The SMILES string of the molecule is CCOc1ccc(N(c2ccccc2)c2ccc(/C=C/c3ccc(/C=C/c4ccc(/C=C/c5ccc(N(c6ccccc6)c6ccc(C)cc6)cc5)cc4C#N)cc3)cc2)cc1. The van der Waals surface area contributed by atoms with Crippen molar-refractivity contribution in [3.05, 3.63) is 245 Å². The van der Waals surface area contributed by atoms with Gasteiger partial charge in [0, 0.05) is 34.1 Å². The lowest BCUT2D eigenvalue weighted by atomic mass is 10.0. The van der Waals surface area contributed by atoms with E-state index in [1.807, 2.05) is 49.4 Å². The number of para-hydroxylation sites is 2. The van der Waals surface area contributed by atoms with Crippen molar-refractivity contribution in [1.82, 2.24) is 0 Å². The van der Waals surface area contributed by atoms with Crippen LogP contribution in [0.25, 0.3) is 36.5 Å². The van der Waals surface area contributed by atoms with E-state index >= 15 is 0 Å². The molecule has 62 heavy (non-hydrogen) atoms. The molecule has 0 fully saturated rings. The second-order valence-corrected chi connectivity index (χ2v) is 14.9. The molecule has 0 aromatic heterocycles. The fourth-order valence-electron chi connectivity index (χ4n) is 7.28. The Bertz CT molecular complexity index is 2820. The molecule has 8 aromatic carbocycles. The zero-order valence-electron chi connectivity index (χ0n) is 35.0. The molecule has 4 nitrogen and oxygen atoms in total. The fraction of sp³-hybridized carbons (Fsp3) is 0.0517. The minimum atomic E-state index is 0.632. The van der Waals surface area contributed by atoms with E-state index in [4.69, 9.17) is 4.74 Å². The van der Waals surface area contributed by atoms with Gasteiger partial charge >= 0.3 is 0 Å². The van der Waals surface area contributed by atoms with Crippen molar-refractivity contribution in [3.63, 3.8) is 0 Å². The van der Waals surface area contributed by atoms with Crippen LogP contribution in [0, 0.1) is 18.3 Å². The second-order valence-electron chi connectivity index (χ2n) is 14.9. The zero-order valence-corrected chi connectivity index (χ0v) is 35.0. The molecule has 4 heteroatoms. The minimum Gasteiger partial charge on any atom is -0.494 e. The van der Waals surface area contributed by atoms with E-state index < -0.39 is 0 Å². The van der Waals surface area contributed by atoms with Gasteiger partial charge in [0.2, 0.25) is 0 Å². The first-order valence-corrected chi connectivity index (χ1v) is 20.9. The third kappa shape index (κ3) is 10.2. The van der Waals surface area contributed by atoms with Gasteiger partial charge in [-0.25, -0.2) is 0 Å². The van der Waals surface area contributed by atoms with Crippen LogP contribution in [0.5, 0.6) is 5.75 Å². The second kappa shape index (κ2) is 19.7. The molecule has 0 aliphatic rings. The summed E-state index contributed by atoms with van der Waals surface area (Å²) in [5.74, 6) is 0.862. The van der Waals surface area contributed by atoms with Crippen LogP contribution in [0.4, 0.5) is 34.1 Å². The molecule has 0 saturated carbocycles. The van der Waals surface area contributed by atoms with Gasteiger partial charge in [-0.2, -0.15) is 5.26 Å². The van der Waals surface area contributed by atoms with Gasteiger partial charge in [-0.05, 0) is 138 Å². The molecule has 0 aliphatic carbocycles. The Hall–Kier alpha value is -8.13. The summed E-state index contributed by atoms with van der Waals surface area (Å²) >= 11 is 0. The van der Waals surface area contributed by atoms with Gasteiger partial charge in [0.15, 0.2) is 0 Å². The van der Waals surface area contributed by atoms with Crippen molar-refractivity contribution in [1.29, 1.82) is 5.26 Å². The first kappa shape index (κ1) is 40.6. The number of hydrogen-bond donors (Lipinski definition) is 0. The number of aryl methyl sites for hydroxylation is 1. The van der Waals surface area contributed by atoms with Crippen LogP contribution in [0.1, 0.15) is 51.4 Å². The predicted octanol–water partition coefficient (Wildman–Crippen LogP) is 15.7. The normalized spacial score (nSPS) is 11.2. The summed E-state index contributed by atoms with van der Waals surface area (Å²) in [7, 11) is 0. The summed E-state index contributed by atoms with van der Waals surface area (Å²) in [5.41, 5.74) is 14.6. The molecule has 0 aliphatic heterocycles. The maximum atomic E-state index is 10.0. The van der Waals surface area contributed by atoms with Gasteiger partial charge in [-0.15, -0.1) is 0 Å². The molecule has 0 spiro atoms. The topological polar surface area (TPSA) is 39.5 Å². The predicted molar refractivity (Wildman–Crippen MR) is 263 cm³/mol. The highest BCUT2D eigenvalue weighted by Gasteiger charge is 2.13. The minimum absolute atomic E-state index is 0.632. The average molecular weight is 802 g/mol. The van der Waals surface area contributed by atoms with Gasteiger partial charge in [0.1, 0.15) is 5.75 Å². The van der Waals surface area contributed by atoms with Crippen molar-refractivity contribution in [2.24, 2.45) is 0 Å². The van der Waals surface area contributed by atoms with Crippen LogP contribution in [-0.4, -0.2) is 6.61 Å². The van der Waals surface area contributed by atoms with Gasteiger partial charge in [0.25, 0.3) is 0 Å². The van der Waals surface area contributed by atoms with Crippen molar-refractivity contribution < 1.29 is 4.74 Å². The van der Waals surface area contributed by atoms with Gasteiger partial charge in [-0.3, -0.25) is 0 Å². The van der Waals surface area contributed by atoms with E-state index in [-0.39, 0.29) is 0 Å². The average Bonchev–Trinajstić information content (AvgIpc) is 3.33. The van der Waals surface area contributed by atoms with Gasteiger partial charge in [0.05, 0.1) is 18.2 Å². The highest BCUT2D eigenvalue weighted by molar-refractivity contribution is 5.81. The monoisotopic (exact) mass is 801 g/mol. The number of hydrogen-bond acceptors (Lipinski definition) is 4. The molecule has 0 heterocycles. The van der Waals surface area contributed by atoms with Gasteiger partial charge < -0.3 is 14.5 Å². The lowest BCUT2D eigenvalue weighted by molar-refractivity contribution is 0.340. The Morgan fingerprint density at radius 3 is 1.21 bits per heavy atom. The van der Waals surface area contributed by atoms with E-state index in [2.05, 4.69) is 217 Å². The third-order valence-electron chi connectivity index (χ3n) is 10.6. The van der Waals surface area contributed by atoms with Crippen molar-refractivity contribution >= 4 is 70.6 Å². The van der Waals surface area contributed by atoms with E-state index in [1.165, 1.54) is 5.56 Å². The van der Waals surface area contributed by atoms with Crippen LogP contribution >= 0.6 is 0 Å². The van der Waals surface area contributed by atoms with Crippen LogP contribution in [-0.2, 0) is 0 Å². The Kier molecular flexibility index (Phi) is 12.9. The number of anilines is 6. The van der Waals surface area contributed by atoms with Crippen molar-refractivity contribution in [3.8, 4) is 11.8 Å².